The van der Waals surface area contributed by atoms with Crippen molar-refractivity contribution in [3.05, 3.63) is 30.6 Å². The SMILES string of the molecule is O=S([O-])OCCCO.c1ccncc1. The van der Waals surface area contributed by atoms with Crippen molar-refractivity contribution in [2.45, 2.75) is 6.42 Å². The molecule has 6 heteroatoms. The van der Waals surface area contributed by atoms with Gasteiger partial charge in [-0.05, 0) is 18.6 Å². The van der Waals surface area contributed by atoms with Crippen molar-refractivity contribution >= 4 is 11.4 Å². The van der Waals surface area contributed by atoms with E-state index in [2.05, 4.69) is 9.17 Å². The Bertz CT molecular complexity index is 205. The van der Waals surface area contributed by atoms with Crippen molar-refractivity contribution < 1.29 is 18.1 Å². The van der Waals surface area contributed by atoms with Gasteiger partial charge in [0.05, 0.1) is 18.0 Å². The molecule has 0 bridgehead atoms. The maximum absolute atomic E-state index is 9.57. The van der Waals surface area contributed by atoms with E-state index in [1.807, 2.05) is 18.2 Å². The van der Waals surface area contributed by atoms with Crippen LogP contribution in [0, 0.1) is 0 Å². The second kappa shape index (κ2) is 10.3. The standard InChI is InChI=1S/C5H5N.C3H8O4S/c1-2-4-6-5-3-1;4-2-1-3-7-8(5)6/h1-5H;4H,1-3H2,(H,5,6)/p-1. The van der Waals surface area contributed by atoms with Gasteiger partial charge in [-0.15, -0.1) is 0 Å². The fourth-order valence-corrected chi connectivity index (χ4v) is 0.758. The Labute approximate surface area is 85.2 Å². The van der Waals surface area contributed by atoms with Crippen LogP contribution >= 0.6 is 0 Å². The highest BCUT2D eigenvalue weighted by Gasteiger charge is 1.82. The molecule has 1 aromatic rings. The van der Waals surface area contributed by atoms with Gasteiger partial charge >= 0.3 is 0 Å². The van der Waals surface area contributed by atoms with E-state index in [0.717, 1.165) is 0 Å². The second-order valence-corrected chi connectivity index (χ2v) is 2.77. The molecule has 5 nitrogen and oxygen atoms in total. The fraction of sp³-hybridized carbons (Fsp3) is 0.375. The van der Waals surface area contributed by atoms with Crippen LogP contribution in [0.3, 0.4) is 0 Å². The Morgan fingerprint density at radius 1 is 1.36 bits per heavy atom. The van der Waals surface area contributed by atoms with Gasteiger partial charge in [0.2, 0.25) is 0 Å². The van der Waals surface area contributed by atoms with Crippen LogP contribution in [0.2, 0.25) is 0 Å². The third-order valence-electron chi connectivity index (χ3n) is 1.05. The van der Waals surface area contributed by atoms with Gasteiger partial charge in [0, 0.05) is 19.0 Å². The molecule has 1 aromatic heterocycles. The third-order valence-corrected chi connectivity index (χ3v) is 1.41. The van der Waals surface area contributed by atoms with E-state index in [1.54, 1.807) is 12.4 Å². The van der Waals surface area contributed by atoms with Gasteiger partial charge in [0.25, 0.3) is 0 Å². The average Bonchev–Trinajstić information content (AvgIpc) is 2.21. The van der Waals surface area contributed by atoms with Gasteiger partial charge < -0.3 is 13.8 Å². The molecule has 0 aliphatic rings. The van der Waals surface area contributed by atoms with E-state index in [0.29, 0.717) is 6.42 Å². The summed E-state index contributed by atoms with van der Waals surface area (Å²) in [6, 6.07) is 5.72. The lowest BCUT2D eigenvalue weighted by Gasteiger charge is -2.02. The minimum atomic E-state index is -2.43. The van der Waals surface area contributed by atoms with Gasteiger partial charge in [0.15, 0.2) is 0 Å². The second-order valence-electron chi connectivity index (χ2n) is 2.13. The van der Waals surface area contributed by atoms with E-state index < -0.39 is 11.4 Å². The Morgan fingerprint density at radius 2 is 2.00 bits per heavy atom. The number of aliphatic hydroxyl groups is 1. The molecule has 1 atom stereocenters. The van der Waals surface area contributed by atoms with Crippen molar-refractivity contribution in [1.29, 1.82) is 0 Å². The smallest absolute Gasteiger partial charge is 0.0842 e. The summed E-state index contributed by atoms with van der Waals surface area (Å²) in [5.74, 6) is 0. The van der Waals surface area contributed by atoms with Gasteiger partial charge in [0.1, 0.15) is 0 Å². The van der Waals surface area contributed by atoms with Crippen molar-refractivity contribution in [2.75, 3.05) is 13.2 Å². The van der Waals surface area contributed by atoms with Crippen molar-refractivity contribution in [1.82, 2.24) is 4.98 Å². The van der Waals surface area contributed by atoms with Crippen LogP contribution in [-0.4, -0.2) is 32.1 Å². The third kappa shape index (κ3) is 11.2. The minimum absolute atomic E-state index is 0.0444. The van der Waals surface area contributed by atoms with E-state index in [4.69, 9.17) is 5.11 Å². The van der Waals surface area contributed by atoms with Crippen LogP contribution in [0.25, 0.3) is 0 Å². The van der Waals surface area contributed by atoms with Crippen LogP contribution in [0.5, 0.6) is 0 Å². The molecule has 0 aliphatic heterocycles. The first-order valence-electron chi connectivity index (χ1n) is 3.95. The molecule has 14 heavy (non-hydrogen) atoms. The lowest BCUT2D eigenvalue weighted by molar-refractivity contribution is 0.232. The summed E-state index contributed by atoms with van der Waals surface area (Å²) in [6.07, 6.45) is 3.86. The molecule has 0 amide bonds. The molecule has 0 saturated heterocycles. The Kier molecular flexibility index (Phi) is 9.66. The predicted molar refractivity (Wildman–Crippen MR) is 50.8 cm³/mol. The number of pyridine rings is 1. The first kappa shape index (κ1) is 13.2. The molecule has 0 saturated carbocycles. The molecule has 1 N–H and O–H groups in total. The summed E-state index contributed by atoms with van der Waals surface area (Å²) < 4.78 is 23.2. The zero-order valence-electron chi connectivity index (χ0n) is 7.54. The fourth-order valence-electron chi connectivity index (χ4n) is 0.504. The van der Waals surface area contributed by atoms with Crippen LogP contribution in [0.1, 0.15) is 6.42 Å². The predicted octanol–water partition coefficient (Wildman–Crippen LogP) is 0.261. The Hall–Kier alpha value is -0.820. The Balaban J connectivity index is 0.000000249. The molecule has 80 valence electrons. The van der Waals surface area contributed by atoms with Crippen LogP contribution in [-0.2, 0) is 15.5 Å². The van der Waals surface area contributed by atoms with Crippen LogP contribution in [0.15, 0.2) is 30.6 Å². The summed E-state index contributed by atoms with van der Waals surface area (Å²) in [5.41, 5.74) is 0. The highest BCUT2D eigenvalue weighted by atomic mass is 32.2. The zero-order valence-corrected chi connectivity index (χ0v) is 8.35. The van der Waals surface area contributed by atoms with Crippen molar-refractivity contribution in [3.8, 4) is 0 Å². The molecule has 1 heterocycles. The van der Waals surface area contributed by atoms with Gasteiger partial charge in [-0.25, -0.2) is 4.21 Å². The van der Waals surface area contributed by atoms with Gasteiger partial charge in [-0.3, -0.25) is 4.98 Å². The lowest BCUT2D eigenvalue weighted by atomic mass is 10.5. The first-order valence-corrected chi connectivity index (χ1v) is 4.95. The zero-order chi connectivity index (χ0) is 10.6. The Morgan fingerprint density at radius 3 is 2.29 bits per heavy atom. The monoisotopic (exact) mass is 218 g/mol. The van der Waals surface area contributed by atoms with Gasteiger partial charge in [-0.2, -0.15) is 0 Å². The normalized spacial score (nSPS) is 11.3. The highest BCUT2D eigenvalue weighted by molar-refractivity contribution is 7.74. The number of rotatable bonds is 4. The molecule has 0 radical (unpaired) electrons. The number of aliphatic hydroxyl groups excluding tert-OH is 1. The lowest BCUT2D eigenvalue weighted by Crippen LogP contribution is -1.99. The quantitative estimate of drug-likeness (QED) is 0.579. The summed E-state index contributed by atoms with van der Waals surface area (Å²) in [4.78, 5) is 3.78. The maximum Gasteiger partial charge on any atom is 0.0842 e. The topological polar surface area (TPSA) is 82.5 Å². The average molecular weight is 218 g/mol. The van der Waals surface area contributed by atoms with Gasteiger partial charge in [-0.1, -0.05) is 6.07 Å². The van der Waals surface area contributed by atoms with E-state index in [9.17, 15) is 8.76 Å². The molecule has 0 fully saturated rings. The number of hydrogen-bond acceptors (Lipinski definition) is 5. The molecule has 0 aliphatic carbocycles. The van der Waals surface area contributed by atoms with Crippen LogP contribution < -0.4 is 0 Å². The minimum Gasteiger partial charge on any atom is -0.750 e. The van der Waals surface area contributed by atoms with Crippen molar-refractivity contribution in [3.63, 3.8) is 0 Å². The molecule has 1 unspecified atom stereocenters. The first-order chi connectivity index (χ1) is 6.77. The maximum atomic E-state index is 9.57. The summed E-state index contributed by atoms with van der Waals surface area (Å²) in [7, 11) is 0. The van der Waals surface area contributed by atoms with E-state index in [-0.39, 0.29) is 13.2 Å². The molecular formula is C8H12NO4S-. The summed E-state index contributed by atoms with van der Waals surface area (Å²) in [5, 5.41) is 8.10. The number of nitrogens with zero attached hydrogens (tertiary/aromatic N) is 1. The molecule has 0 aromatic carbocycles. The summed E-state index contributed by atoms with van der Waals surface area (Å²) >= 11 is -2.43. The summed E-state index contributed by atoms with van der Waals surface area (Å²) in [6.45, 7) is 0.0177. The van der Waals surface area contributed by atoms with Crippen molar-refractivity contribution in [2.24, 2.45) is 0 Å². The largest absolute Gasteiger partial charge is 0.750 e. The molecule has 0 spiro atoms. The highest BCUT2D eigenvalue weighted by Crippen LogP contribution is 1.81. The number of aromatic nitrogens is 1. The number of hydrogen-bond donors (Lipinski definition) is 1. The molecular weight excluding hydrogens is 206 g/mol. The van der Waals surface area contributed by atoms with E-state index >= 15 is 0 Å². The van der Waals surface area contributed by atoms with E-state index in [1.165, 1.54) is 0 Å². The van der Waals surface area contributed by atoms with Crippen LogP contribution in [0.4, 0.5) is 0 Å². The molecule has 1 rings (SSSR count).